The van der Waals surface area contributed by atoms with Crippen LogP contribution in [0.1, 0.15) is 18.6 Å². The van der Waals surface area contributed by atoms with Crippen LogP contribution < -0.4 is 0 Å². The van der Waals surface area contributed by atoms with Crippen molar-refractivity contribution in [2.24, 2.45) is 4.36 Å². The van der Waals surface area contributed by atoms with E-state index in [9.17, 15) is 16.8 Å². The number of carbonyl (C=O) groups is 1. The lowest BCUT2D eigenvalue weighted by molar-refractivity contribution is -0.136. The Bertz CT molecular complexity index is 621. The SMILES string of the molecule is CC(=O)N1CCOC(c2cccc(N=S(=O)(F)F)c2)C1. The van der Waals surface area contributed by atoms with E-state index in [2.05, 4.69) is 4.36 Å². The van der Waals surface area contributed by atoms with Gasteiger partial charge in [0, 0.05) is 13.5 Å². The lowest BCUT2D eigenvalue weighted by Crippen LogP contribution is -2.41. The van der Waals surface area contributed by atoms with Gasteiger partial charge in [-0.3, -0.25) is 4.79 Å². The molecule has 1 saturated heterocycles. The molecule has 0 saturated carbocycles. The Hall–Kier alpha value is -1.54. The summed E-state index contributed by atoms with van der Waals surface area (Å²) in [6.45, 7) is 2.72. The first kappa shape index (κ1) is 14.9. The van der Waals surface area contributed by atoms with Gasteiger partial charge in [0.25, 0.3) is 0 Å². The van der Waals surface area contributed by atoms with Crippen LogP contribution in [0.15, 0.2) is 28.6 Å². The van der Waals surface area contributed by atoms with E-state index in [0.717, 1.165) is 0 Å². The van der Waals surface area contributed by atoms with Crippen LogP contribution in [0.3, 0.4) is 0 Å². The lowest BCUT2D eigenvalue weighted by Gasteiger charge is -2.32. The third-order valence-corrected chi connectivity index (χ3v) is 3.39. The molecule has 8 heteroatoms. The highest BCUT2D eigenvalue weighted by atomic mass is 32.3. The Kier molecular flexibility index (Phi) is 4.34. The van der Waals surface area contributed by atoms with Crippen molar-refractivity contribution in [1.82, 2.24) is 4.90 Å². The van der Waals surface area contributed by atoms with Crippen LogP contribution in [0.2, 0.25) is 0 Å². The van der Waals surface area contributed by atoms with Gasteiger partial charge in [0.05, 0.1) is 18.8 Å². The van der Waals surface area contributed by atoms with Crippen molar-refractivity contribution in [1.29, 1.82) is 0 Å². The number of morpholine rings is 1. The predicted octanol–water partition coefficient (Wildman–Crippen LogP) is 2.47. The maximum absolute atomic E-state index is 12.4. The second-order valence-electron chi connectivity index (χ2n) is 4.41. The van der Waals surface area contributed by atoms with Crippen LogP contribution in [0.4, 0.5) is 13.5 Å². The number of hydrogen-bond donors (Lipinski definition) is 0. The van der Waals surface area contributed by atoms with Crippen molar-refractivity contribution in [3.8, 4) is 0 Å². The highest BCUT2D eigenvalue weighted by molar-refractivity contribution is 7.83. The zero-order valence-electron chi connectivity index (χ0n) is 10.8. The van der Waals surface area contributed by atoms with E-state index in [4.69, 9.17) is 4.74 Å². The fourth-order valence-corrected chi connectivity index (χ4v) is 2.40. The number of hydrogen-bond acceptors (Lipinski definition) is 4. The van der Waals surface area contributed by atoms with Crippen LogP contribution in [-0.2, 0) is 20.0 Å². The van der Waals surface area contributed by atoms with E-state index in [1.165, 1.54) is 25.1 Å². The van der Waals surface area contributed by atoms with E-state index >= 15 is 0 Å². The molecule has 1 aliphatic rings. The number of rotatable bonds is 2. The second-order valence-corrected chi connectivity index (χ2v) is 5.38. The van der Waals surface area contributed by atoms with Gasteiger partial charge in [-0.1, -0.05) is 19.9 Å². The summed E-state index contributed by atoms with van der Waals surface area (Å²) in [6, 6.07) is 5.97. The fraction of sp³-hybridized carbons (Fsp3) is 0.417. The van der Waals surface area contributed by atoms with Crippen LogP contribution in [-0.4, -0.2) is 34.7 Å². The molecule has 0 aromatic heterocycles. The largest absolute Gasteiger partial charge is 0.371 e. The highest BCUT2D eigenvalue weighted by Gasteiger charge is 2.23. The highest BCUT2D eigenvalue weighted by Crippen LogP contribution is 2.26. The van der Waals surface area contributed by atoms with Crippen molar-refractivity contribution in [3.05, 3.63) is 29.8 Å². The second kappa shape index (κ2) is 5.84. The molecule has 1 aromatic rings. The predicted molar refractivity (Wildman–Crippen MR) is 69.8 cm³/mol. The standard InChI is InChI=1S/C12H14F2N2O3S/c1-9(17)16-5-6-19-12(8-16)10-3-2-4-11(7-10)15-20(13,14)18/h2-4,7,12H,5-6,8H2,1H3. The number of carbonyl (C=O) groups excluding carboxylic acids is 1. The average molecular weight is 304 g/mol. The molecule has 1 aliphatic heterocycles. The first-order valence-corrected chi connectivity index (χ1v) is 7.30. The Balaban J connectivity index is 2.23. The molecule has 5 nitrogen and oxygen atoms in total. The van der Waals surface area contributed by atoms with Crippen LogP contribution in [0, 0.1) is 0 Å². The molecule has 1 fully saturated rings. The third kappa shape index (κ3) is 3.97. The van der Waals surface area contributed by atoms with E-state index in [0.29, 0.717) is 25.3 Å². The smallest absolute Gasteiger partial charge is 0.370 e. The molecule has 0 spiro atoms. The molecule has 1 heterocycles. The average Bonchev–Trinajstić information content (AvgIpc) is 2.37. The van der Waals surface area contributed by atoms with Crippen LogP contribution >= 0.6 is 0 Å². The van der Waals surface area contributed by atoms with E-state index in [1.54, 1.807) is 11.0 Å². The molecule has 0 bridgehead atoms. The van der Waals surface area contributed by atoms with Gasteiger partial charge in [0.1, 0.15) is 6.10 Å². The first-order valence-electron chi connectivity index (χ1n) is 5.98. The molecular weight excluding hydrogens is 290 g/mol. The summed E-state index contributed by atoms with van der Waals surface area (Å²) in [6.07, 6.45) is -0.391. The Morgan fingerprint density at radius 2 is 2.25 bits per heavy atom. The van der Waals surface area contributed by atoms with Crippen molar-refractivity contribution in [3.63, 3.8) is 0 Å². The molecule has 1 aromatic carbocycles. The monoisotopic (exact) mass is 304 g/mol. The minimum Gasteiger partial charge on any atom is -0.370 e. The van der Waals surface area contributed by atoms with Gasteiger partial charge < -0.3 is 9.64 Å². The first-order chi connectivity index (χ1) is 9.35. The van der Waals surface area contributed by atoms with Crippen molar-refractivity contribution >= 4 is 22.1 Å². The quantitative estimate of drug-likeness (QED) is 0.789. The lowest BCUT2D eigenvalue weighted by atomic mass is 10.1. The van der Waals surface area contributed by atoms with E-state index in [1.807, 2.05) is 0 Å². The molecule has 0 aliphatic carbocycles. The van der Waals surface area contributed by atoms with Gasteiger partial charge >= 0.3 is 10.5 Å². The van der Waals surface area contributed by atoms with Crippen molar-refractivity contribution < 1.29 is 21.5 Å². The van der Waals surface area contributed by atoms with Crippen LogP contribution in [0.5, 0.6) is 0 Å². The zero-order valence-corrected chi connectivity index (χ0v) is 11.6. The zero-order chi connectivity index (χ0) is 14.8. The van der Waals surface area contributed by atoms with E-state index < -0.39 is 16.6 Å². The minimum absolute atomic E-state index is 0.0605. The van der Waals surface area contributed by atoms with Gasteiger partial charge in [0.15, 0.2) is 0 Å². The Morgan fingerprint density at radius 1 is 1.50 bits per heavy atom. The van der Waals surface area contributed by atoms with Gasteiger partial charge in [-0.25, -0.2) is 0 Å². The normalized spacial score (nSPS) is 19.8. The van der Waals surface area contributed by atoms with Gasteiger partial charge in [0.2, 0.25) is 5.91 Å². The van der Waals surface area contributed by atoms with E-state index in [-0.39, 0.29) is 11.6 Å². The molecule has 2 rings (SSSR count). The van der Waals surface area contributed by atoms with Gasteiger partial charge in [-0.05, 0) is 17.7 Å². The molecule has 0 radical (unpaired) electrons. The number of ether oxygens (including phenoxy) is 1. The topological polar surface area (TPSA) is 59.0 Å². The molecule has 1 atom stereocenters. The summed E-state index contributed by atoms with van der Waals surface area (Å²) in [7, 11) is -5.18. The van der Waals surface area contributed by atoms with Gasteiger partial charge in [-0.2, -0.15) is 4.21 Å². The summed E-state index contributed by atoms with van der Waals surface area (Å²) >= 11 is 0. The maximum atomic E-state index is 12.4. The molecule has 20 heavy (non-hydrogen) atoms. The van der Waals surface area contributed by atoms with Crippen LogP contribution in [0.25, 0.3) is 0 Å². The number of halogens is 2. The molecule has 0 N–H and O–H groups in total. The fourth-order valence-electron chi connectivity index (χ4n) is 2.04. The Labute approximate surface area is 116 Å². The molecule has 110 valence electrons. The minimum atomic E-state index is -5.18. The molecular formula is C12H14F2N2O3S. The molecule has 1 unspecified atom stereocenters. The van der Waals surface area contributed by atoms with Crippen molar-refractivity contribution in [2.45, 2.75) is 13.0 Å². The summed E-state index contributed by atoms with van der Waals surface area (Å²) in [5.74, 6) is -0.0605. The van der Waals surface area contributed by atoms with Gasteiger partial charge in [-0.15, -0.1) is 4.36 Å². The Morgan fingerprint density at radius 3 is 2.90 bits per heavy atom. The number of nitrogens with zero attached hydrogens (tertiary/aromatic N) is 2. The summed E-state index contributed by atoms with van der Waals surface area (Å²) in [4.78, 5) is 13.0. The number of amides is 1. The number of benzene rings is 1. The maximum Gasteiger partial charge on any atom is 0.371 e. The third-order valence-electron chi connectivity index (χ3n) is 2.97. The summed E-state index contributed by atoms with van der Waals surface area (Å²) < 4.78 is 43.6. The molecule has 1 amide bonds. The van der Waals surface area contributed by atoms with Crippen molar-refractivity contribution in [2.75, 3.05) is 19.7 Å². The summed E-state index contributed by atoms with van der Waals surface area (Å²) in [5, 5.41) is 0. The summed E-state index contributed by atoms with van der Waals surface area (Å²) in [5.41, 5.74) is 0.557.